The van der Waals surface area contributed by atoms with E-state index in [0.29, 0.717) is 22.1 Å². The highest BCUT2D eigenvalue weighted by Crippen LogP contribution is 2.24. The maximum atomic E-state index is 12.6. The third-order valence-electron chi connectivity index (χ3n) is 3.64. The van der Waals surface area contributed by atoms with E-state index in [-0.39, 0.29) is 0 Å². The number of para-hydroxylation sites is 2. The van der Waals surface area contributed by atoms with Gasteiger partial charge in [-0.3, -0.25) is 0 Å². The normalized spacial score (nSPS) is 11.4. The second kappa shape index (κ2) is 3.81. The van der Waals surface area contributed by atoms with Crippen molar-refractivity contribution < 1.29 is 9.63 Å². The summed E-state index contributed by atoms with van der Waals surface area (Å²) in [7, 11) is 0. The Labute approximate surface area is 113 Å². The molecule has 0 bridgehead atoms. The van der Waals surface area contributed by atoms with Crippen molar-refractivity contribution in [1.82, 2.24) is 4.73 Å². The van der Waals surface area contributed by atoms with Crippen molar-refractivity contribution in [3.8, 4) is 0 Å². The number of fused-ring (bicyclic) bond motifs is 4. The van der Waals surface area contributed by atoms with Crippen LogP contribution in [-0.4, -0.2) is 9.94 Å². The molecular weight excluding hydrogens is 252 g/mol. The van der Waals surface area contributed by atoms with Gasteiger partial charge in [0, 0.05) is 11.0 Å². The Kier molecular flexibility index (Phi) is 2.09. The number of hydrogen-bond donors (Lipinski definition) is 1. The van der Waals surface area contributed by atoms with Crippen molar-refractivity contribution in [1.29, 1.82) is 0 Å². The molecule has 0 atom stereocenters. The van der Waals surface area contributed by atoms with Crippen LogP contribution in [0.15, 0.2) is 60.7 Å². The Morgan fingerprint density at radius 2 is 1.60 bits per heavy atom. The molecule has 0 radical (unpaired) electrons. The smallest absolute Gasteiger partial charge is 0.298 e. The van der Waals surface area contributed by atoms with Crippen molar-refractivity contribution >= 4 is 32.8 Å². The maximum Gasteiger partial charge on any atom is 0.298 e. The van der Waals surface area contributed by atoms with Crippen LogP contribution in [0.1, 0.15) is 0 Å². The third-order valence-corrected chi connectivity index (χ3v) is 3.64. The second-order valence-corrected chi connectivity index (χ2v) is 4.75. The molecule has 0 aliphatic heterocycles. The molecule has 0 unspecified atom stereocenters. The first-order valence-corrected chi connectivity index (χ1v) is 6.34. The van der Waals surface area contributed by atoms with Gasteiger partial charge in [0.05, 0.1) is 9.81 Å². The Morgan fingerprint density at radius 3 is 2.50 bits per heavy atom. The summed E-state index contributed by atoms with van der Waals surface area (Å²) in [6.07, 6.45) is 0. The van der Waals surface area contributed by atoms with Gasteiger partial charge in [0.2, 0.25) is 0 Å². The van der Waals surface area contributed by atoms with Crippen LogP contribution in [0, 0.1) is 4.91 Å². The molecule has 0 aliphatic carbocycles. The van der Waals surface area contributed by atoms with E-state index in [4.69, 9.17) is 0 Å². The van der Waals surface area contributed by atoms with Gasteiger partial charge in [-0.25, -0.2) is 0 Å². The highest BCUT2D eigenvalue weighted by Gasteiger charge is 2.20. The zero-order valence-corrected chi connectivity index (χ0v) is 10.5. The van der Waals surface area contributed by atoms with E-state index >= 15 is 0 Å². The first kappa shape index (κ1) is 11.0. The van der Waals surface area contributed by atoms with Gasteiger partial charge in [-0.1, -0.05) is 36.4 Å². The van der Waals surface area contributed by atoms with Gasteiger partial charge in [-0.05, 0) is 23.6 Å². The molecule has 0 saturated carbocycles. The zero-order valence-electron chi connectivity index (χ0n) is 10.5. The molecule has 4 nitrogen and oxygen atoms in total. The molecule has 0 spiro atoms. The summed E-state index contributed by atoms with van der Waals surface area (Å²) in [6, 6.07) is 18.3. The lowest BCUT2D eigenvalue weighted by molar-refractivity contribution is -0.432. The summed E-state index contributed by atoms with van der Waals surface area (Å²) in [5.74, 6) is 0. The Balaban J connectivity index is 2.42. The fourth-order valence-corrected chi connectivity index (χ4v) is 2.69. The highest BCUT2D eigenvalue weighted by atomic mass is 16.5. The monoisotopic (exact) mass is 263 g/mol. The topological polar surface area (TPSA) is 48.1 Å². The van der Waals surface area contributed by atoms with Crippen molar-refractivity contribution in [3.63, 3.8) is 0 Å². The molecule has 3 aromatic carbocycles. The summed E-state index contributed by atoms with van der Waals surface area (Å²) in [6.45, 7) is 0. The van der Waals surface area contributed by atoms with E-state index in [1.165, 1.54) is 0 Å². The second-order valence-electron chi connectivity index (χ2n) is 4.75. The fraction of sp³-hybridized carbons (Fsp3) is 0. The SMILES string of the molecule is O=[n+]1c2ccccc2n(O)c2ccc3ccccc3c21. The molecule has 1 aromatic heterocycles. The minimum atomic E-state index is 0.443. The molecule has 4 aromatic rings. The van der Waals surface area contributed by atoms with E-state index < -0.39 is 0 Å². The summed E-state index contributed by atoms with van der Waals surface area (Å²) >= 11 is 0. The van der Waals surface area contributed by atoms with Crippen molar-refractivity contribution in [3.05, 3.63) is 65.6 Å². The number of benzene rings is 3. The van der Waals surface area contributed by atoms with E-state index in [0.717, 1.165) is 19.9 Å². The van der Waals surface area contributed by atoms with Gasteiger partial charge >= 0.3 is 0 Å². The van der Waals surface area contributed by atoms with Crippen LogP contribution in [0.4, 0.5) is 0 Å². The number of rotatable bonds is 0. The van der Waals surface area contributed by atoms with E-state index in [2.05, 4.69) is 0 Å². The lowest BCUT2D eigenvalue weighted by Gasteiger charge is -2.04. The molecule has 0 fully saturated rings. The predicted octanol–water partition coefficient (Wildman–Crippen LogP) is 3.10. The van der Waals surface area contributed by atoms with E-state index in [1.807, 2.05) is 30.3 Å². The molecule has 4 heteroatoms. The van der Waals surface area contributed by atoms with Gasteiger partial charge in [-0.2, -0.15) is 4.73 Å². The molecule has 0 saturated heterocycles. The van der Waals surface area contributed by atoms with Crippen LogP contribution in [0.5, 0.6) is 0 Å². The highest BCUT2D eigenvalue weighted by molar-refractivity contribution is 6.03. The number of aromatic nitrogens is 2. The molecule has 96 valence electrons. The first-order chi connectivity index (χ1) is 9.77. The van der Waals surface area contributed by atoms with Crippen LogP contribution in [0.2, 0.25) is 0 Å². The van der Waals surface area contributed by atoms with Crippen molar-refractivity contribution in [2.75, 3.05) is 0 Å². The van der Waals surface area contributed by atoms with Gasteiger partial charge in [-0.15, -0.1) is 0 Å². The van der Waals surface area contributed by atoms with Crippen LogP contribution in [0.3, 0.4) is 0 Å². The number of nitrogens with zero attached hydrogens (tertiary/aromatic N) is 2. The fourth-order valence-electron chi connectivity index (χ4n) is 2.69. The molecule has 0 aliphatic rings. The molecule has 1 heterocycles. The Hall–Kier alpha value is -2.88. The van der Waals surface area contributed by atoms with Crippen LogP contribution in [0.25, 0.3) is 32.8 Å². The van der Waals surface area contributed by atoms with Gasteiger partial charge in [0.1, 0.15) is 0 Å². The molecular formula is C16H11N2O2+. The minimum absolute atomic E-state index is 0.443. The zero-order chi connectivity index (χ0) is 13.7. The molecule has 1 N–H and O–H groups in total. The van der Waals surface area contributed by atoms with Crippen molar-refractivity contribution in [2.24, 2.45) is 0 Å². The number of hydrogen-bond acceptors (Lipinski definition) is 2. The van der Waals surface area contributed by atoms with Crippen LogP contribution >= 0.6 is 0 Å². The third kappa shape index (κ3) is 1.30. The Bertz CT molecular complexity index is 1030. The predicted molar refractivity (Wildman–Crippen MR) is 77.5 cm³/mol. The summed E-state index contributed by atoms with van der Waals surface area (Å²) in [4.78, 5) is 12.6. The first-order valence-electron chi connectivity index (χ1n) is 6.34. The lowest BCUT2D eigenvalue weighted by atomic mass is 10.1. The minimum Gasteiger partial charge on any atom is -0.427 e. The molecule has 20 heavy (non-hydrogen) atoms. The largest absolute Gasteiger partial charge is 0.427 e. The average molecular weight is 263 g/mol. The summed E-state index contributed by atoms with van der Waals surface area (Å²) < 4.78 is 1.96. The maximum absolute atomic E-state index is 12.6. The summed E-state index contributed by atoms with van der Waals surface area (Å²) in [5.41, 5.74) is 1.91. The Morgan fingerprint density at radius 1 is 0.850 bits per heavy atom. The average Bonchev–Trinajstić information content (AvgIpc) is 2.51. The van der Waals surface area contributed by atoms with Gasteiger partial charge in [0.15, 0.2) is 11.0 Å². The summed E-state index contributed by atoms with van der Waals surface area (Å²) in [5, 5.41) is 12.2. The van der Waals surface area contributed by atoms with Gasteiger partial charge < -0.3 is 5.21 Å². The lowest BCUT2D eigenvalue weighted by Crippen LogP contribution is -2.20. The standard InChI is InChI=1S/C16H11N2O2/c19-17-13-7-3-4-8-14(13)18(20)16-12-6-2-1-5-11(12)9-10-15(16)17/h1-10,19H/q+1. The van der Waals surface area contributed by atoms with Gasteiger partial charge in [0.25, 0.3) is 11.0 Å². The molecule has 4 rings (SSSR count). The van der Waals surface area contributed by atoms with Crippen molar-refractivity contribution in [2.45, 2.75) is 0 Å². The molecule has 0 amide bonds. The van der Waals surface area contributed by atoms with Crippen LogP contribution in [-0.2, 0) is 0 Å². The van der Waals surface area contributed by atoms with E-state index in [9.17, 15) is 10.1 Å². The van der Waals surface area contributed by atoms with Crippen LogP contribution < -0.4 is 4.43 Å². The van der Waals surface area contributed by atoms with E-state index in [1.54, 1.807) is 30.3 Å². The quantitative estimate of drug-likeness (QED) is 0.229.